The minimum absolute atomic E-state index is 0.0103. The van der Waals surface area contributed by atoms with Gasteiger partial charge < -0.3 is 10.1 Å². The zero-order valence-corrected chi connectivity index (χ0v) is 10.8. The normalized spacial score (nSPS) is 12.4. The molecular weight excluding hydrogens is 247 g/mol. The second kappa shape index (κ2) is 5.22. The number of aryl methyl sites for hydroxylation is 1. The average Bonchev–Trinajstić information content (AvgIpc) is 2.71. The first kappa shape index (κ1) is 13.3. The van der Waals surface area contributed by atoms with E-state index in [0.717, 1.165) is 5.69 Å². The molecule has 4 nitrogen and oxygen atoms in total. The predicted molar refractivity (Wildman–Crippen MR) is 69.4 cm³/mol. The molecule has 0 aliphatic rings. The molecule has 1 atom stereocenters. The summed E-state index contributed by atoms with van der Waals surface area (Å²) in [5.41, 5.74) is 1.69. The Kier molecular flexibility index (Phi) is 3.64. The second-order valence-electron chi connectivity index (χ2n) is 4.57. The van der Waals surface area contributed by atoms with Crippen molar-refractivity contribution in [3.05, 3.63) is 41.6 Å². The number of halogens is 1. The maximum absolute atomic E-state index is 13.7. The number of carboxylic acids is 1. The van der Waals surface area contributed by atoms with Crippen LogP contribution < -0.4 is 0 Å². The number of aromatic amines is 1. The maximum Gasteiger partial charge on any atom is 0.304 e. The van der Waals surface area contributed by atoms with Crippen molar-refractivity contribution in [1.82, 2.24) is 9.97 Å². The molecule has 2 rings (SSSR count). The van der Waals surface area contributed by atoms with Crippen LogP contribution in [0.15, 0.2) is 24.3 Å². The highest BCUT2D eigenvalue weighted by atomic mass is 19.1. The number of nitrogens with one attached hydrogen (secondary N) is 1. The number of aliphatic carboxylic acids is 1. The molecule has 19 heavy (non-hydrogen) atoms. The summed E-state index contributed by atoms with van der Waals surface area (Å²) in [6.45, 7) is 3.57. The number of carboxylic acid groups (broad SMARTS) is 1. The standard InChI is InChI=1S/C14H15FN2O2/c1-8(7-12(18)19)14-16-9(2)13(17-14)10-5-3-4-6-11(10)15/h3-6,8H,7H2,1-2H3,(H,16,17)(H,18,19). The number of benzene rings is 1. The third-order valence-electron chi connectivity index (χ3n) is 2.98. The van der Waals surface area contributed by atoms with Gasteiger partial charge in [-0.05, 0) is 19.1 Å². The summed E-state index contributed by atoms with van der Waals surface area (Å²) in [6.07, 6.45) is -0.0103. The Bertz CT molecular complexity index is 607. The Morgan fingerprint density at radius 3 is 2.79 bits per heavy atom. The van der Waals surface area contributed by atoms with Crippen molar-refractivity contribution in [1.29, 1.82) is 0 Å². The first-order chi connectivity index (χ1) is 8.99. The van der Waals surface area contributed by atoms with E-state index in [2.05, 4.69) is 9.97 Å². The minimum Gasteiger partial charge on any atom is -0.481 e. The van der Waals surface area contributed by atoms with Gasteiger partial charge in [0, 0.05) is 17.2 Å². The Morgan fingerprint density at radius 1 is 1.47 bits per heavy atom. The fourth-order valence-electron chi connectivity index (χ4n) is 1.99. The second-order valence-corrected chi connectivity index (χ2v) is 4.57. The van der Waals surface area contributed by atoms with Crippen LogP contribution in [-0.2, 0) is 4.79 Å². The van der Waals surface area contributed by atoms with E-state index in [1.807, 2.05) is 0 Å². The Morgan fingerprint density at radius 2 is 2.16 bits per heavy atom. The molecule has 0 fully saturated rings. The minimum atomic E-state index is -0.881. The molecule has 0 spiro atoms. The fraction of sp³-hybridized carbons (Fsp3) is 0.286. The highest BCUT2D eigenvalue weighted by molar-refractivity contribution is 5.68. The van der Waals surface area contributed by atoms with Gasteiger partial charge in [-0.15, -0.1) is 0 Å². The molecule has 1 aromatic carbocycles. The van der Waals surface area contributed by atoms with Gasteiger partial charge in [0.15, 0.2) is 0 Å². The molecule has 0 aliphatic carbocycles. The SMILES string of the molecule is Cc1[nH]c(C(C)CC(=O)O)nc1-c1ccccc1F. The molecule has 0 saturated carbocycles. The van der Waals surface area contributed by atoms with Gasteiger partial charge in [-0.2, -0.15) is 0 Å². The number of H-pyrrole nitrogens is 1. The smallest absolute Gasteiger partial charge is 0.304 e. The lowest BCUT2D eigenvalue weighted by Gasteiger charge is -2.03. The van der Waals surface area contributed by atoms with Crippen molar-refractivity contribution in [2.75, 3.05) is 0 Å². The van der Waals surface area contributed by atoms with Crippen LogP contribution in [0.25, 0.3) is 11.3 Å². The number of nitrogens with zero attached hydrogens (tertiary/aromatic N) is 1. The van der Waals surface area contributed by atoms with Crippen LogP contribution in [0, 0.1) is 12.7 Å². The Balaban J connectivity index is 2.37. The van der Waals surface area contributed by atoms with Crippen molar-refractivity contribution in [2.24, 2.45) is 0 Å². The fourth-order valence-corrected chi connectivity index (χ4v) is 1.99. The average molecular weight is 262 g/mol. The molecule has 1 heterocycles. The van der Waals surface area contributed by atoms with Crippen molar-refractivity contribution in [3.63, 3.8) is 0 Å². The third kappa shape index (κ3) is 2.81. The Hall–Kier alpha value is -2.17. The number of aromatic nitrogens is 2. The van der Waals surface area contributed by atoms with Crippen LogP contribution >= 0.6 is 0 Å². The van der Waals surface area contributed by atoms with Crippen LogP contribution in [0.3, 0.4) is 0 Å². The van der Waals surface area contributed by atoms with Gasteiger partial charge in [0.1, 0.15) is 11.6 Å². The monoisotopic (exact) mass is 262 g/mol. The van der Waals surface area contributed by atoms with Gasteiger partial charge in [-0.3, -0.25) is 4.79 Å². The van der Waals surface area contributed by atoms with Crippen molar-refractivity contribution < 1.29 is 14.3 Å². The molecular formula is C14H15FN2O2. The van der Waals surface area contributed by atoms with Crippen molar-refractivity contribution >= 4 is 5.97 Å². The summed E-state index contributed by atoms with van der Waals surface area (Å²) in [6, 6.07) is 6.40. The quantitative estimate of drug-likeness (QED) is 0.889. The zero-order valence-electron chi connectivity index (χ0n) is 10.8. The summed E-state index contributed by atoms with van der Waals surface area (Å²) < 4.78 is 13.7. The molecule has 2 N–H and O–H groups in total. The van der Waals surface area contributed by atoms with Crippen LogP contribution in [-0.4, -0.2) is 21.0 Å². The first-order valence-electron chi connectivity index (χ1n) is 6.02. The van der Waals surface area contributed by atoms with Crippen molar-refractivity contribution in [3.8, 4) is 11.3 Å². The van der Waals surface area contributed by atoms with E-state index in [1.165, 1.54) is 6.07 Å². The molecule has 0 radical (unpaired) electrons. The summed E-state index contributed by atoms with van der Waals surface area (Å²) in [7, 11) is 0. The number of imidazole rings is 1. The molecule has 1 unspecified atom stereocenters. The van der Waals surface area contributed by atoms with Crippen LogP contribution in [0.5, 0.6) is 0 Å². The Labute approximate surface area is 110 Å². The largest absolute Gasteiger partial charge is 0.481 e. The van der Waals surface area contributed by atoms with E-state index in [-0.39, 0.29) is 18.2 Å². The predicted octanol–water partition coefficient (Wildman–Crippen LogP) is 3.10. The van der Waals surface area contributed by atoms with E-state index in [4.69, 9.17) is 5.11 Å². The first-order valence-corrected chi connectivity index (χ1v) is 6.02. The lowest BCUT2D eigenvalue weighted by Crippen LogP contribution is -2.04. The van der Waals surface area contributed by atoms with E-state index in [1.54, 1.807) is 32.0 Å². The highest BCUT2D eigenvalue weighted by Crippen LogP contribution is 2.26. The lowest BCUT2D eigenvalue weighted by atomic mass is 10.1. The molecule has 1 aromatic heterocycles. The number of hydrogen-bond acceptors (Lipinski definition) is 2. The van der Waals surface area contributed by atoms with E-state index < -0.39 is 5.97 Å². The maximum atomic E-state index is 13.7. The number of rotatable bonds is 4. The molecule has 0 amide bonds. The van der Waals surface area contributed by atoms with Gasteiger partial charge in [-0.25, -0.2) is 9.37 Å². The van der Waals surface area contributed by atoms with E-state index >= 15 is 0 Å². The van der Waals surface area contributed by atoms with Gasteiger partial charge >= 0.3 is 5.97 Å². The number of hydrogen-bond donors (Lipinski definition) is 2. The molecule has 0 bridgehead atoms. The summed E-state index contributed by atoms with van der Waals surface area (Å²) >= 11 is 0. The third-order valence-corrected chi connectivity index (χ3v) is 2.98. The van der Waals surface area contributed by atoms with Gasteiger partial charge in [0.25, 0.3) is 0 Å². The van der Waals surface area contributed by atoms with Gasteiger partial charge in [0.2, 0.25) is 0 Å². The van der Waals surface area contributed by atoms with Crippen LogP contribution in [0.2, 0.25) is 0 Å². The molecule has 5 heteroatoms. The molecule has 0 aliphatic heterocycles. The van der Waals surface area contributed by atoms with Gasteiger partial charge in [0.05, 0.1) is 12.1 Å². The summed E-state index contributed by atoms with van der Waals surface area (Å²) in [4.78, 5) is 18.1. The highest BCUT2D eigenvalue weighted by Gasteiger charge is 2.18. The molecule has 0 saturated heterocycles. The molecule has 100 valence electrons. The zero-order chi connectivity index (χ0) is 14.0. The topological polar surface area (TPSA) is 66.0 Å². The van der Waals surface area contributed by atoms with Crippen LogP contribution in [0.4, 0.5) is 4.39 Å². The summed E-state index contributed by atoms with van der Waals surface area (Å²) in [5, 5.41) is 8.78. The van der Waals surface area contributed by atoms with Gasteiger partial charge in [-0.1, -0.05) is 19.1 Å². The lowest BCUT2D eigenvalue weighted by molar-refractivity contribution is -0.137. The number of carbonyl (C=O) groups is 1. The van der Waals surface area contributed by atoms with E-state index in [9.17, 15) is 9.18 Å². The van der Waals surface area contributed by atoms with Crippen molar-refractivity contribution in [2.45, 2.75) is 26.2 Å². The summed E-state index contributed by atoms with van der Waals surface area (Å²) in [5.74, 6) is -0.890. The van der Waals surface area contributed by atoms with E-state index in [0.29, 0.717) is 17.1 Å². The van der Waals surface area contributed by atoms with Crippen LogP contribution in [0.1, 0.15) is 30.8 Å². The molecule has 2 aromatic rings.